The highest BCUT2D eigenvalue weighted by molar-refractivity contribution is 9.10. The topological polar surface area (TPSA) is 48.1 Å². The van der Waals surface area contributed by atoms with E-state index in [9.17, 15) is 4.39 Å². The van der Waals surface area contributed by atoms with E-state index in [1.165, 1.54) is 6.07 Å². The van der Waals surface area contributed by atoms with Gasteiger partial charge in [-0.2, -0.15) is 0 Å². The molecule has 3 nitrogen and oxygen atoms in total. The van der Waals surface area contributed by atoms with Gasteiger partial charge in [0.25, 0.3) is 0 Å². The molecule has 0 aliphatic carbocycles. The van der Waals surface area contributed by atoms with Crippen LogP contribution in [0.15, 0.2) is 41.0 Å². The number of pyridine rings is 1. The van der Waals surface area contributed by atoms with E-state index < -0.39 is 6.10 Å². The van der Waals surface area contributed by atoms with Crippen molar-refractivity contribution in [3.63, 3.8) is 0 Å². The summed E-state index contributed by atoms with van der Waals surface area (Å²) < 4.78 is 20.0. The number of halogens is 2. The van der Waals surface area contributed by atoms with Crippen LogP contribution in [0.1, 0.15) is 18.6 Å². The third-order valence-corrected chi connectivity index (χ3v) is 2.93. The molecule has 0 fully saturated rings. The van der Waals surface area contributed by atoms with Crippen molar-refractivity contribution in [2.24, 2.45) is 0 Å². The summed E-state index contributed by atoms with van der Waals surface area (Å²) in [7, 11) is 0. The van der Waals surface area contributed by atoms with Crippen LogP contribution in [-0.4, -0.2) is 4.98 Å². The van der Waals surface area contributed by atoms with Crippen molar-refractivity contribution in [2.75, 3.05) is 5.73 Å². The molecular weight excluding hydrogens is 299 g/mol. The van der Waals surface area contributed by atoms with Crippen molar-refractivity contribution in [1.82, 2.24) is 4.98 Å². The van der Waals surface area contributed by atoms with Crippen molar-refractivity contribution in [1.29, 1.82) is 0 Å². The first kappa shape index (κ1) is 12.8. The first-order valence-corrected chi connectivity index (χ1v) is 6.19. The molecule has 1 aromatic carbocycles. The minimum absolute atomic E-state index is 0.279. The molecule has 0 aliphatic rings. The number of ether oxygens (including phenoxy) is 1. The monoisotopic (exact) mass is 310 g/mol. The Bertz CT molecular complexity index is 562. The van der Waals surface area contributed by atoms with E-state index in [4.69, 9.17) is 10.5 Å². The molecule has 1 atom stereocenters. The van der Waals surface area contributed by atoms with Crippen LogP contribution in [0, 0.1) is 5.82 Å². The molecule has 5 heteroatoms. The lowest BCUT2D eigenvalue weighted by Gasteiger charge is -2.16. The second-order valence-corrected chi connectivity index (χ2v) is 4.73. The number of nitrogens with two attached hydrogens (primary N) is 1. The smallest absolute Gasteiger partial charge is 0.166 e. The maximum Gasteiger partial charge on any atom is 0.166 e. The molecule has 0 saturated carbocycles. The van der Waals surface area contributed by atoms with Gasteiger partial charge in [0.2, 0.25) is 0 Å². The summed E-state index contributed by atoms with van der Waals surface area (Å²) in [5.74, 6) is 0.410. The SMILES string of the molecule is CC(Oc1cc(Br)cnc1N)c1ccccc1F. The Morgan fingerprint density at radius 2 is 2.11 bits per heavy atom. The van der Waals surface area contributed by atoms with Crippen LogP contribution in [0.2, 0.25) is 0 Å². The summed E-state index contributed by atoms with van der Waals surface area (Å²) in [4.78, 5) is 3.96. The lowest BCUT2D eigenvalue weighted by atomic mass is 10.1. The maximum absolute atomic E-state index is 13.6. The Morgan fingerprint density at radius 3 is 2.83 bits per heavy atom. The van der Waals surface area contributed by atoms with E-state index in [1.807, 2.05) is 0 Å². The molecule has 0 aliphatic heterocycles. The number of hydrogen-bond acceptors (Lipinski definition) is 3. The summed E-state index contributed by atoms with van der Waals surface area (Å²) in [5.41, 5.74) is 6.19. The molecule has 1 aromatic heterocycles. The molecule has 0 amide bonds. The molecule has 1 heterocycles. The first-order chi connectivity index (χ1) is 8.58. The first-order valence-electron chi connectivity index (χ1n) is 5.40. The van der Waals surface area contributed by atoms with Gasteiger partial charge in [-0.3, -0.25) is 0 Å². The predicted molar refractivity (Wildman–Crippen MR) is 71.8 cm³/mol. The highest BCUT2D eigenvalue weighted by Crippen LogP contribution is 2.29. The van der Waals surface area contributed by atoms with Gasteiger partial charge in [0.05, 0.1) is 0 Å². The van der Waals surface area contributed by atoms with Crippen LogP contribution >= 0.6 is 15.9 Å². The normalized spacial score (nSPS) is 12.2. The number of hydrogen-bond donors (Lipinski definition) is 1. The molecule has 2 aromatic rings. The fourth-order valence-electron chi connectivity index (χ4n) is 1.58. The zero-order chi connectivity index (χ0) is 13.1. The van der Waals surface area contributed by atoms with Crippen LogP contribution in [-0.2, 0) is 0 Å². The van der Waals surface area contributed by atoms with Crippen molar-refractivity contribution in [3.05, 3.63) is 52.4 Å². The highest BCUT2D eigenvalue weighted by atomic mass is 79.9. The summed E-state index contributed by atoms with van der Waals surface area (Å²) in [6.07, 6.45) is 1.14. The molecule has 0 radical (unpaired) electrons. The van der Waals surface area contributed by atoms with Gasteiger partial charge < -0.3 is 10.5 Å². The van der Waals surface area contributed by atoms with Gasteiger partial charge in [0.15, 0.2) is 11.6 Å². The zero-order valence-corrected chi connectivity index (χ0v) is 11.3. The van der Waals surface area contributed by atoms with Gasteiger partial charge in [0.1, 0.15) is 11.9 Å². The average Bonchev–Trinajstić information content (AvgIpc) is 2.34. The average molecular weight is 311 g/mol. The van der Waals surface area contributed by atoms with Crippen LogP contribution in [0.25, 0.3) is 0 Å². The Morgan fingerprint density at radius 1 is 1.39 bits per heavy atom. The predicted octanol–water partition coefficient (Wildman–Crippen LogP) is 3.71. The minimum atomic E-state index is -0.440. The van der Waals surface area contributed by atoms with Gasteiger partial charge in [0, 0.05) is 16.2 Å². The summed E-state index contributed by atoms with van der Waals surface area (Å²) >= 11 is 3.28. The quantitative estimate of drug-likeness (QED) is 0.940. The fourth-order valence-corrected chi connectivity index (χ4v) is 1.89. The van der Waals surface area contributed by atoms with E-state index in [0.29, 0.717) is 11.3 Å². The zero-order valence-electron chi connectivity index (χ0n) is 9.73. The van der Waals surface area contributed by atoms with Crippen LogP contribution in [0.4, 0.5) is 10.2 Å². The number of anilines is 1. The van der Waals surface area contributed by atoms with Crippen molar-refractivity contribution < 1.29 is 9.13 Å². The Balaban J connectivity index is 2.24. The largest absolute Gasteiger partial charge is 0.482 e. The van der Waals surface area contributed by atoms with Crippen molar-refractivity contribution >= 4 is 21.7 Å². The van der Waals surface area contributed by atoms with Gasteiger partial charge in [-0.25, -0.2) is 9.37 Å². The lowest BCUT2D eigenvalue weighted by Crippen LogP contribution is -2.07. The molecule has 2 N–H and O–H groups in total. The molecule has 18 heavy (non-hydrogen) atoms. The van der Waals surface area contributed by atoms with Gasteiger partial charge in [-0.15, -0.1) is 0 Å². The second-order valence-electron chi connectivity index (χ2n) is 3.82. The van der Waals surface area contributed by atoms with Gasteiger partial charge >= 0.3 is 0 Å². The van der Waals surface area contributed by atoms with E-state index >= 15 is 0 Å². The number of aromatic nitrogens is 1. The van der Waals surface area contributed by atoms with Crippen LogP contribution in [0.5, 0.6) is 5.75 Å². The van der Waals surface area contributed by atoms with E-state index in [-0.39, 0.29) is 11.6 Å². The Kier molecular flexibility index (Phi) is 3.81. The number of benzene rings is 1. The Labute approximate surface area is 113 Å². The van der Waals surface area contributed by atoms with Crippen molar-refractivity contribution in [2.45, 2.75) is 13.0 Å². The Hall–Kier alpha value is -1.62. The molecule has 0 spiro atoms. The third kappa shape index (κ3) is 2.79. The molecular formula is C13H12BrFN2O. The molecule has 1 unspecified atom stereocenters. The van der Waals surface area contributed by atoms with Crippen molar-refractivity contribution in [3.8, 4) is 5.75 Å². The third-order valence-electron chi connectivity index (χ3n) is 2.50. The fraction of sp³-hybridized carbons (Fsp3) is 0.154. The summed E-state index contributed by atoms with van der Waals surface area (Å²) in [6.45, 7) is 1.76. The molecule has 0 saturated heterocycles. The maximum atomic E-state index is 13.6. The standard InChI is InChI=1S/C13H12BrFN2O/c1-8(10-4-2-3-5-11(10)15)18-12-6-9(14)7-17-13(12)16/h2-8H,1H3,(H2,16,17). The van der Waals surface area contributed by atoms with Crippen LogP contribution < -0.4 is 10.5 Å². The number of nitrogen functional groups attached to an aromatic ring is 1. The van der Waals surface area contributed by atoms with Gasteiger partial charge in [-0.05, 0) is 35.0 Å². The molecule has 2 rings (SSSR count). The van der Waals surface area contributed by atoms with E-state index in [0.717, 1.165) is 4.47 Å². The van der Waals surface area contributed by atoms with Gasteiger partial charge in [-0.1, -0.05) is 18.2 Å². The lowest BCUT2D eigenvalue weighted by molar-refractivity contribution is 0.222. The molecule has 94 valence electrons. The second kappa shape index (κ2) is 5.35. The highest BCUT2D eigenvalue weighted by Gasteiger charge is 2.13. The minimum Gasteiger partial charge on any atom is -0.482 e. The number of nitrogens with zero attached hydrogens (tertiary/aromatic N) is 1. The summed E-state index contributed by atoms with van der Waals surface area (Å²) in [5, 5.41) is 0. The molecule has 0 bridgehead atoms. The van der Waals surface area contributed by atoms with Crippen LogP contribution in [0.3, 0.4) is 0 Å². The summed E-state index contributed by atoms with van der Waals surface area (Å²) in [6, 6.07) is 8.19. The van der Waals surface area contributed by atoms with E-state index in [1.54, 1.807) is 37.4 Å². The number of rotatable bonds is 3. The van der Waals surface area contributed by atoms with E-state index in [2.05, 4.69) is 20.9 Å².